The fraction of sp³-hybridized carbons (Fsp3) is 0.0833. The maximum atomic E-state index is 5.97. The van der Waals surface area contributed by atoms with Gasteiger partial charge < -0.3 is 16.0 Å². The van der Waals surface area contributed by atoms with E-state index in [1.165, 1.54) is 6.33 Å². The Kier molecular flexibility index (Phi) is 2.16. The number of rotatable bonds is 1. The van der Waals surface area contributed by atoms with Crippen LogP contribution in [0.25, 0.3) is 22.4 Å². The number of nitrogen functional groups attached to an aromatic ring is 2. The molecule has 0 radical (unpaired) electrons. The molecule has 3 rings (SSSR count). The van der Waals surface area contributed by atoms with Crippen molar-refractivity contribution in [3.05, 3.63) is 30.2 Å². The number of nitrogens with zero attached hydrogens (tertiary/aromatic N) is 3. The van der Waals surface area contributed by atoms with Gasteiger partial charge in [-0.2, -0.15) is 4.98 Å². The van der Waals surface area contributed by atoms with E-state index in [0.29, 0.717) is 34.0 Å². The summed E-state index contributed by atoms with van der Waals surface area (Å²) < 4.78 is 5.11. The van der Waals surface area contributed by atoms with Gasteiger partial charge in [0.2, 0.25) is 0 Å². The largest absolute Gasteiger partial charge is 0.398 e. The van der Waals surface area contributed by atoms with Crippen LogP contribution in [-0.4, -0.2) is 15.1 Å². The van der Waals surface area contributed by atoms with E-state index in [9.17, 15) is 0 Å². The molecule has 0 atom stereocenters. The fourth-order valence-electron chi connectivity index (χ4n) is 1.97. The van der Waals surface area contributed by atoms with E-state index in [2.05, 4.69) is 15.1 Å². The molecule has 1 aromatic carbocycles. The highest BCUT2D eigenvalue weighted by atomic mass is 16.5. The lowest BCUT2D eigenvalue weighted by Crippen LogP contribution is -1.98. The summed E-state index contributed by atoms with van der Waals surface area (Å²) in [6.45, 7) is 1.83. The summed E-state index contributed by atoms with van der Waals surface area (Å²) in [6.07, 6.45) is 1.41. The predicted molar refractivity (Wildman–Crippen MR) is 68.6 cm³/mol. The van der Waals surface area contributed by atoms with Crippen LogP contribution < -0.4 is 11.5 Å². The van der Waals surface area contributed by atoms with Crippen LogP contribution in [-0.2, 0) is 0 Å². The summed E-state index contributed by atoms with van der Waals surface area (Å²) in [5, 5.41) is 4.62. The quantitative estimate of drug-likeness (QED) is 0.629. The Hall–Kier alpha value is -2.63. The summed E-state index contributed by atoms with van der Waals surface area (Å²) >= 11 is 0. The maximum Gasteiger partial charge on any atom is 0.261 e. The average molecular weight is 241 g/mol. The molecule has 0 unspecified atom stereocenters. The van der Waals surface area contributed by atoms with Gasteiger partial charge in [0.25, 0.3) is 5.71 Å². The van der Waals surface area contributed by atoms with Gasteiger partial charge in [0.05, 0.1) is 16.8 Å². The molecule has 0 bridgehead atoms. The third kappa shape index (κ3) is 1.39. The molecule has 6 nitrogen and oxygen atoms in total. The summed E-state index contributed by atoms with van der Waals surface area (Å²) in [6, 6.07) is 5.36. The molecule has 4 N–H and O–H groups in total. The highest BCUT2D eigenvalue weighted by molar-refractivity contribution is 5.98. The minimum Gasteiger partial charge on any atom is -0.398 e. The Labute approximate surface area is 103 Å². The van der Waals surface area contributed by atoms with Crippen molar-refractivity contribution in [2.75, 3.05) is 11.5 Å². The maximum absolute atomic E-state index is 5.97. The third-order valence-corrected chi connectivity index (χ3v) is 2.81. The van der Waals surface area contributed by atoms with E-state index >= 15 is 0 Å². The number of nitrogens with two attached hydrogens (primary N) is 2. The summed E-state index contributed by atoms with van der Waals surface area (Å²) in [5.41, 5.74) is 15.6. The van der Waals surface area contributed by atoms with E-state index in [1.54, 1.807) is 18.2 Å². The van der Waals surface area contributed by atoms with Crippen LogP contribution in [0.4, 0.5) is 11.4 Å². The van der Waals surface area contributed by atoms with Crippen molar-refractivity contribution in [2.24, 2.45) is 0 Å². The first-order valence-electron chi connectivity index (χ1n) is 5.40. The SMILES string of the molecule is Cc1noc2ncnc(-c3c(N)cccc3N)c12. The molecule has 0 saturated carbocycles. The molecule has 0 aliphatic heterocycles. The van der Waals surface area contributed by atoms with E-state index < -0.39 is 0 Å². The lowest BCUT2D eigenvalue weighted by Gasteiger charge is -2.08. The van der Waals surface area contributed by atoms with Crippen molar-refractivity contribution in [3.63, 3.8) is 0 Å². The number of hydrogen-bond donors (Lipinski definition) is 2. The zero-order chi connectivity index (χ0) is 12.7. The monoisotopic (exact) mass is 241 g/mol. The van der Waals surface area contributed by atoms with Crippen LogP contribution >= 0.6 is 0 Å². The molecule has 0 fully saturated rings. The van der Waals surface area contributed by atoms with Crippen LogP contribution in [0.2, 0.25) is 0 Å². The molecule has 2 aromatic heterocycles. The van der Waals surface area contributed by atoms with E-state index in [1.807, 2.05) is 6.92 Å². The molecule has 0 amide bonds. The van der Waals surface area contributed by atoms with Gasteiger partial charge >= 0.3 is 0 Å². The number of anilines is 2. The van der Waals surface area contributed by atoms with Gasteiger partial charge in [-0.1, -0.05) is 11.2 Å². The highest BCUT2D eigenvalue weighted by Gasteiger charge is 2.17. The van der Waals surface area contributed by atoms with Crippen molar-refractivity contribution < 1.29 is 4.52 Å². The van der Waals surface area contributed by atoms with Crippen molar-refractivity contribution in [3.8, 4) is 11.3 Å². The van der Waals surface area contributed by atoms with Gasteiger partial charge in [-0.15, -0.1) is 0 Å². The smallest absolute Gasteiger partial charge is 0.261 e. The van der Waals surface area contributed by atoms with Crippen molar-refractivity contribution in [1.82, 2.24) is 15.1 Å². The van der Waals surface area contributed by atoms with Crippen LogP contribution in [0.5, 0.6) is 0 Å². The van der Waals surface area contributed by atoms with Crippen molar-refractivity contribution in [2.45, 2.75) is 6.92 Å². The Morgan fingerprint density at radius 3 is 2.56 bits per heavy atom. The Morgan fingerprint density at radius 1 is 1.11 bits per heavy atom. The lowest BCUT2D eigenvalue weighted by atomic mass is 10.0. The summed E-state index contributed by atoms with van der Waals surface area (Å²) in [4.78, 5) is 8.29. The molecule has 0 aliphatic carbocycles. The van der Waals surface area contributed by atoms with Crippen molar-refractivity contribution >= 4 is 22.5 Å². The Morgan fingerprint density at radius 2 is 1.83 bits per heavy atom. The first-order valence-corrected chi connectivity index (χ1v) is 5.40. The average Bonchev–Trinajstić information content (AvgIpc) is 2.72. The zero-order valence-corrected chi connectivity index (χ0v) is 9.71. The van der Waals surface area contributed by atoms with E-state index in [4.69, 9.17) is 16.0 Å². The second-order valence-corrected chi connectivity index (χ2v) is 3.98. The predicted octanol–water partition coefficient (Wildman–Crippen LogP) is 1.76. The lowest BCUT2D eigenvalue weighted by molar-refractivity contribution is 0.442. The van der Waals surface area contributed by atoms with Gasteiger partial charge in [-0.05, 0) is 19.1 Å². The van der Waals surface area contributed by atoms with Gasteiger partial charge in [0.1, 0.15) is 6.33 Å². The summed E-state index contributed by atoms with van der Waals surface area (Å²) in [5.74, 6) is 0. The third-order valence-electron chi connectivity index (χ3n) is 2.81. The first kappa shape index (κ1) is 10.5. The van der Waals surface area contributed by atoms with Gasteiger partial charge in [-0.3, -0.25) is 0 Å². The number of fused-ring (bicyclic) bond motifs is 1. The van der Waals surface area contributed by atoms with Crippen LogP contribution in [0, 0.1) is 6.92 Å². The number of aromatic nitrogens is 3. The summed E-state index contributed by atoms with van der Waals surface area (Å²) in [7, 11) is 0. The minimum absolute atomic E-state index is 0.431. The van der Waals surface area contributed by atoms with Crippen LogP contribution in [0.15, 0.2) is 29.0 Å². The van der Waals surface area contributed by atoms with Crippen LogP contribution in [0.3, 0.4) is 0 Å². The number of hydrogen-bond acceptors (Lipinski definition) is 6. The van der Waals surface area contributed by atoms with Gasteiger partial charge in [-0.25, -0.2) is 4.98 Å². The fourth-order valence-corrected chi connectivity index (χ4v) is 1.97. The molecule has 90 valence electrons. The Balaban J connectivity index is 2.42. The molecule has 0 saturated heterocycles. The normalized spacial score (nSPS) is 10.9. The molecule has 0 spiro atoms. The van der Waals surface area contributed by atoms with E-state index in [-0.39, 0.29) is 0 Å². The van der Waals surface area contributed by atoms with Crippen LogP contribution in [0.1, 0.15) is 5.69 Å². The molecular formula is C12H11N5O. The topological polar surface area (TPSA) is 104 Å². The standard InChI is InChI=1S/C12H11N5O/c1-6-9-11(15-5-16-12(9)18-17-6)10-7(13)3-2-4-8(10)14/h2-5H,13-14H2,1H3. The Bertz CT molecular complexity index is 714. The second kappa shape index (κ2) is 3.69. The molecule has 6 heteroatoms. The minimum atomic E-state index is 0.431. The number of benzene rings is 1. The number of aryl methyl sites for hydroxylation is 1. The molecule has 3 aromatic rings. The first-order chi connectivity index (χ1) is 8.68. The van der Waals surface area contributed by atoms with Gasteiger partial charge in [0, 0.05) is 16.9 Å². The molecule has 2 heterocycles. The van der Waals surface area contributed by atoms with E-state index in [0.717, 1.165) is 5.39 Å². The van der Waals surface area contributed by atoms with Gasteiger partial charge in [0.15, 0.2) is 0 Å². The molecular weight excluding hydrogens is 230 g/mol. The van der Waals surface area contributed by atoms with Crippen molar-refractivity contribution in [1.29, 1.82) is 0 Å². The zero-order valence-electron chi connectivity index (χ0n) is 9.71. The molecule has 0 aliphatic rings. The molecule has 18 heavy (non-hydrogen) atoms. The second-order valence-electron chi connectivity index (χ2n) is 3.98. The highest BCUT2D eigenvalue weighted by Crippen LogP contribution is 2.35.